The Hall–Kier alpha value is -2.32. The molecule has 0 radical (unpaired) electrons. The summed E-state index contributed by atoms with van der Waals surface area (Å²) >= 11 is 6.00. The molecule has 0 heterocycles. The van der Waals surface area contributed by atoms with Crippen LogP contribution in [0.4, 0.5) is 10.1 Å². The van der Waals surface area contributed by atoms with Crippen molar-refractivity contribution >= 4 is 33.2 Å². The normalized spacial score (nSPS) is 12.3. The Morgan fingerprint density at radius 3 is 2.43 bits per heavy atom. The second-order valence-electron chi connectivity index (χ2n) is 6.03. The van der Waals surface area contributed by atoms with Gasteiger partial charge in [-0.05, 0) is 42.8 Å². The summed E-state index contributed by atoms with van der Waals surface area (Å²) in [6.07, 6.45) is 1.24. The number of sulfonamides is 1. The molecule has 2 aromatic rings. The van der Waals surface area contributed by atoms with E-state index >= 15 is 0 Å². The summed E-state index contributed by atoms with van der Waals surface area (Å²) in [7, 11) is -3.76. The molecule has 0 bridgehead atoms. The van der Waals surface area contributed by atoms with E-state index in [1.807, 2.05) is 0 Å². The molecule has 0 aliphatic heterocycles. The van der Waals surface area contributed by atoms with Crippen LogP contribution in [0.5, 0.6) is 5.75 Å². The van der Waals surface area contributed by atoms with E-state index in [0.29, 0.717) is 10.8 Å². The van der Waals surface area contributed by atoms with Crippen LogP contribution in [0.3, 0.4) is 0 Å². The van der Waals surface area contributed by atoms with E-state index in [-0.39, 0.29) is 25.3 Å². The topological polar surface area (TPSA) is 75.7 Å². The molecule has 0 spiro atoms. The number of ether oxygens (including phenoxy) is 1. The molecule has 2 rings (SSSR count). The minimum Gasteiger partial charge on any atom is -0.490 e. The first-order valence-corrected chi connectivity index (χ1v) is 10.9. The average Bonchev–Trinajstić information content (AvgIpc) is 2.64. The lowest BCUT2D eigenvalue weighted by Gasteiger charge is -2.30. The molecule has 1 atom stereocenters. The molecule has 0 fully saturated rings. The maximum absolute atomic E-state index is 13.2. The summed E-state index contributed by atoms with van der Waals surface area (Å²) in [5, 5.41) is 3.13. The van der Waals surface area contributed by atoms with Gasteiger partial charge in [0.25, 0.3) is 0 Å². The minimum atomic E-state index is -3.76. The van der Waals surface area contributed by atoms with Crippen LogP contribution in [-0.2, 0) is 14.8 Å². The number of hydrogen-bond acceptors (Lipinski definition) is 4. The summed E-state index contributed by atoms with van der Waals surface area (Å²) in [4.78, 5) is 12.6. The maximum atomic E-state index is 13.2. The highest BCUT2D eigenvalue weighted by atomic mass is 35.5. The van der Waals surface area contributed by atoms with Crippen molar-refractivity contribution in [2.45, 2.75) is 19.4 Å². The van der Waals surface area contributed by atoms with Gasteiger partial charge in [-0.2, -0.15) is 0 Å². The highest BCUT2D eigenvalue weighted by Crippen LogP contribution is 2.24. The molecule has 0 aromatic heterocycles. The smallest absolute Gasteiger partial charge is 0.244 e. The van der Waals surface area contributed by atoms with E-state index in [1.54, 1.807) is 31.2 Å². The van der Waals surface area contributed by atoms with Gasteiger partial charge in [-0.15, -0.1) is 0 Å². The molecule has 0 aliphatic carbocycles. The number of nitrogens with zero attached hydrogens (tertiary/aromatic N) is 1. The summed E-state index contributed by atoms with van der Waals surface area (Å²) in [6.45, 7) is 2.04. The standard InChI is InChI=1S/C19H22ClFN2O4S/c1-3-17(23(28(2,25)26)15-10-8-14(21)9-11-15)19(24)22-12-13-27-18-7-5-4-6-16(18)20/h4-11,17H,3,12-13H2,1-2H3,(H,22,24). The van der Waals surface area contributed by atoms with Gasteiger partial charge in [0, 0.05) is 0 Å². The molecule has 152 valence electrons. The van der Waals surface area contributed by atoms with Crippen LogP contribution in [0.15, 0.2) is 48.5 Å². The fourth-order valence-electron chi connectivity index (χ4n) is 2.66. The summed E-state index contributed by atoms with van der Waals surface area (Å²) < 4.78 is 44.3. The molecule has 28 heavy (non-hydrogen) atoms. The van der Waals surface area contributed by atoms with Gasteiger partial charge < -0.3 is 10.1 Å². The van der Waals surface area contributed by atoms with Crippen LogP contribution >= 0.6 is 11.6 Å². The van der Waals surface area contributed by atoms with Gasteiger partial charge in [-0.25, -0.2) is 12.8 Å². The molecule has 1 unspecified atom stereocenters. The van der Waals surface area contributed by atoms with Crippen LogP contribution in [0.2, 0.25) is 5.02 Å². The average molecular weight is 429 g/mol. The fraction of sp³-hybridized carbons (Fsp3) is 0.316. The number of nitrogens with one attached hydrogen (secondary N) is 1. The van der Waals surface area contributed by atoms with Crippen LogP contribution in [0, 0.1) is 5.82 Å². The number of rotatable bonds is 9. The lowest BCUT2D eigenvalue weighted by Crippen LogP contribution is -2.50. The number of para-hydroxylation sites is 1. The Balaban J connectivity index is 2.05. The quantitative estimate of drug-likeness (QED) is 0.622. The number of carbonyl (C=O) groups excluding carboxylic acids is 1. The molecular formula is C19H22ClFN2O4S. The Morgan fingerprint density at radius 2 is 1.86 bits per heavy atom. The molecule has 2 aromatic carbocycles. The SMILES string of the molecule is CCC(C(=O)NCCOc1ccccc1Cl)N(c1ccc(F)cc1)S(C)(=O)=O. The van der Waals surface area contributed by atoms with Crippen molar-refractivity contribution in [1.29, 1.82) is 0 Å². The Kier molecular flexibility index (Phi) is 7.65. The van der Waals surface area contributed by atoms with Gasteiger partial charge >= 0.3 is 0 Å². The van der Waals surface area contributed by atoms with Crippen LogP contribution in [0.1, 0.15) is 13.3 Å². The number of benzene rings is 2. The fourth-order valence-corrected chi connectivity index (χ4v) is 4.07. The van der Waals surface area contributed by atoms with E-state index in [9.17, 15) is 17.6 Å². The van der Waals surface area contributed by atoms with Gasteiger partial charge in [-0.1, -0.05) is 30.7 Å². The lowest BCUT2D eigenvalue weighted by atomic mass is 10.2. The molecule has 6 nitrogen and oxygen atoms in total. The minimum absolute atomic E-state index is 0.168. The zero-order valence-electron chi connectivity index (χ0n) is 15.6. The molecule has 9 heteroatoms. The molecular weight excluding hydrogens is 407 g/mol. The number of amides is 1. The predicted molar refractivity (Wildman–Crippen MR) is 108 cm³/mol. The predicted octanol–water partition coefficient (Wildman–Crippen LogP) is 3.22. The van der Waals surface area contributed by atoms with Crippen molar-refractivity contribution in [3.63, 3.8) is 0 Å². The van der Waals surface area contributed by atoms with Gasteiger partial charge in [0.2, 0.25) is 15.9 Å². The van der Waals surface area contributed by atoms with Gasteiger partial charge in [-0.3, -0.25) is 9.10 Å². The van der Waals surface area contributed by atoms with E-state index in [0.717, 1.165) is 22.7 Å². The summed E-state index contributed by atoms with van der Waals surface area (Å²) in [5.41, 5.74) is 0.221. The van der Waals surface area contributed by atoms with E-state index < -0.39 is 27.8 Å². The molecule has 0 aliphatic rings. The van der Waals surface area contributed by atoms with E-state index in [4.69, 9.17) is 16.3 Å². The maximum Gasteiger partial charge on any atom is 0.244 e. The van der Waals surface area contributed by atoms with Crippen molar-refractivity contribution in [2.75, 3.05) is 23.7 Å². The summed E-state index contributed by atoms with van der Waals surface area (Å²) in [6, 6.07) is 10.9. The second-order valence-corrected chi connectivity index (χ2v) is 8.30. The number of carbonyl (C=O) groups is 1. The van der Waals surface area contributed by atoms with Crippen molar-refractivity contribution in [2.24, 2.45) is 0 Å². The third-order valence-electron chi connectivity index (χ3n) is 3.91. The second kappa shape index (κ2) is 9.75. The zero-order chi connectivity index (χ0) is 20.7. The summed E-state index contributed by atoms with van der Waals surface area (Å²) in [5.74, 6) is -0.471. The number of hydrogen-bond donors (Lipinski definition) is 1. The third kappa shape index (κ3) is 5.84. The molecule has 0 saturated carbocycles. The highest BCUT2D eigenvalue weighted by Gasteiger charge is 2.31. The first kappa shape index (κ1) is 22.0. The molecule has 1 N–H and O–H groups in total. The van der Waals surface area contributed by atoms with Crippen molar-refractivity contribution < 1.29 is 22.3 Å². The first-order valence-electron chi connectivity index (χ1n) is 8.64. The highest BCUT2D eigenvalue weighted by molar-refractivity contribution is 7.92. The van der Waals surface area contributed by atoms with Crippen LogP contribution in [-0.4, -0.2) is 39.8 Å². The third-order valence-corrected chi connectivity index (χ3v) is 5.40. The van der Waals surface area contributed by atoms with Gasteiger partial charge in [0.15, 0.2) is 0 Å². The van der Waals surface area contributed by atoms with Crippen LogP contribution in [0.25, 0.3) is 0 Å². The van der Waals surface area contributed by atoms with Gasteiger partial charge in [0.05, 0.1) is 23.5 Å². The van der Waals surface area contributed by atoms with Crippen molar-refractivity contribution in [3.05, 3.63) is 59.4 Å². The van der Waals surface area contributed by atoms with Crippen molar-refractivity contribution in [1.82, 2.24) is 5.32 Å². The molecule has 0 saturated heterocycles. The Bertz CT molecular complexity index is 906. The monoisotopic (exact) mass is 428 g/mol. The zero-order valence-corrected chi connectivity index (χ0v) is 17.1. The van der Waals surface area contributed by atoms with Crippen LogP contribution < -0.4 is 14.4 Å². The van der Waals surface area contributed by atoms with Gasteiger partial charge in [0.1, 0.15) is 24.2 Å². The van der Waals surface area contributed by atoms with E-state index in [2.05, 4.69) is 5.32 Å². The van der Waals surface area contributed by atoms with Crippen molar-refractivity contribution in [3.8, 4) is 5.75 Å². The number of halogens is 2. The lowest BCUT2D eigenvalue weighted by molar-refractivity contribution is -0.122. The van der Waals surface area contributed by atoms with E-state index in [1.165, 1.54) is 12.1 Å². The first-order chi connectivity index (χ1) is 13.2. The number of anilines is 1. The molecule has 1 amide bonds. The Morgan fingerprint density at radius 1 is 1.21 bits per heavy atom. The largest absolute Gasteiger partial charge is 0.490 e. The Labute approximate surface area is 169 Å².